The molecule has 0 aliphatic carbocycles. The molecule has 6 nitrogen and oxygen atoms in total. The van der Waals surface area contributed by atoms with Crippen LogP contribution in [0.15, 0.2) is 59.6 Å². The molecule has 0 saturated heterocycles. The minimum Gasteiger partial charge on any atom is -0.497 e. The van der Waals surface area contributed by atoms with Crippen molar-refractivity contribution in [2.45, 2.75) is 11.4 Å². The summed E-state index contributed by atoms with van der Waals surface area (Å²) in [5.41, 5.74) is 3.00. The van der Waals surface area contributed by atoms with Gasteiger partial charge in [0.05, 0.1) is 17.7 Å². The molecule has 0 bridgehead atoms. The Labute approximate surface area is 167 Å². The smallest absolute Gasteiger partial charge is 0.321 e. The van der Waals surface area contributed by atoms with Crippen LogP contribution in [0.1, 0.15) is 6.42 Å². The van der Waals surface area contributed by atoms with Crippen LogP contribution >= 0.6 is 11.8 Å². The van der Waals surface area contributed by atoms with Crippen molar-refractivity contribution in [1.82, 2.24) is 15.6 Å². The van der Waals surface area contributed by atoms with Crippen molar-refractivity contribution in [2.24, 2.45) is 0 Å². The average Bonchev–Trinajstić information content (AvgIpc) is 2.73. The fourth-order valence-electron chi connectivity index (χ4n) is 2.74. The van der Waals surface area contributed by atoms with Crippen LogP contribution in [-0.2, 0) is 4.79 Å². The number of nitrogens with zero attached hydrogens (tertiary/aromatic N) is 1. The Hall–Kier alpha value is -3.06. The highest BCUT2D eigenvalue weighted by Crippen LogP contribution is 2.33. The van der Waals surface area contributed by atoms with E-state index < -0.39 is 6.03 Å². The molecule has 3 amide bonds. The fourth-order valence-corrected chi connectivity index (χ4v) is 3.60. The maximum Gasteiger partial charge on any atom is 0.321 e. The second-order valence-corrected chi connectivity index (χ2v) is 7.10. The second kappa shape index (κ2) is 9.23. The molecule has 144 valence electrons. The van der Waals surface area contributed by atoms with E-state index in [1.807, 2.05) is 42.5 Å². The Bertz CT molecular complexity index is 993. The number of imide groups is 1. The number of thioether (sulfide) groups is 1. The molecule has 2 aromatic carbocycles. The maximum atomic E-state index is 11.8. The molecular formula is C21H21N3O3S. The van der Waals surface area contributed by atoms with Crippen LogP contribution in [0.3, 0.4) is 0 Å². The van der Waals surface area contributed by atoms with Crippen molar-refractivity contribution in [1.29, 1.82) is 0 Å². The lowest BCUT2D eigenvalue weighted by Crippen LogP contribution is -2.37. The lowest BCUT2D eigenvalue weighted by molar-refractivity contribution is -0.119. The summed E-state index contributed by atoms with van der Waals surface area (Å²) in [5.74, 6) is 0.934. The van der Waals surface area contributed by atoms with Crippen LogP contribution in [0.2, 0.25) is 0 Å². The highest BCUT2D eigenvalue weighted by Gasteiger charge is 2.11. The van der Waals surface area contributed by atoms with Crippen molar-refractivity contribution >= 4 is 34.6 Å². The van der Waals surface area contributed by atoms with Gasteiger partial charge >= 0.3 is 6.03 Å². The molecule has 0 atom stereocenters. The Kier molecular flexibility index (Phi) is 6.49. The third-order valence-electron chi connectivity index (χ3n) is 4.14. The predicted molar refractivity (Wildman–Crippen MR) is 112 cm³/mol. The Morgan fingerprint density at radius 1 is 1.11 bits per heavy atom. The van der Waals surface area contributed by atoms with E-state index in [0.29, 0.717) is 5.75 Å². The van der Waals surface area contributed by atoms with Crippen molar-refractivity contribution in [3.63, 3.8) is 0 Å². The zero-order valence-electron chi connectivity index (χ0n) is 15.7. The average molecular weight is 395 g/mol. The number of pyridine rings is 1. The first kappa shape index (κ1) is 19.7. The molecule has 1 heterocycles. The minimum absolute atomic E-state index is 0.219. The predicted octanol–water partition coefficient (Wildman–Crippen LogP) is 3.85. The number of benzene rings is 2. The molecule has 0 unspecified atom stereocenters. The number of carbonyl (C=O) groups is 2. The van der Waals surface area contributed by atoms with Crippen molar-refractivity contribution < 1.29 is 14.3 Å². The van der Waals surface area contributed by atoms with Gasteiger partial charge in [0.25, 0.3) is 0 Å². The minimum atomic E-state index is -0.503. The van der Waals surface area contributed by atoms with Crippen LogP contribution in [0, 0.1) is 0 Å². The third-order valence-corrected chi connectivity index (χ3v) is 5.05. The van der Waals surface area contributed by atoms with Gasteiger partial charge in [-0.15, -0.1) is 11.8 Å². The number of hydrogen-bond acceptors (Lipinski definition) is 5. The van der Waals surface area contributed by atoms with E-state index in [1.165, 1.54) is 18.8 Å². The number of aromatic nitrogens is 1. The molecule has 0 radical (unpaired) electrons. The molecule has 0 saturated carbocycles. The van der Waals surface area contributed by atoms with E-state index in [-0.39, 0.29) is 12.3 Å². The van der Waals surface area contributed by atoms with E-state index in [1.54, 1.807) is 7.11 Å². The molecule has 3 aromatic rings. The number of methoxy groups -OCH3 is 1. The molecule has 0 fully saturated rings. The largest absolute Gasteiger partial charge is 0.497 e. The summed E-state index contributed by atoms with van der Waals surface area (Å²) in [4.78, 5) is 27.7. The number of carbonyl (C=O) groups excluding carboxylic acids is 2. The van der Waals surface area contributed by atoms with Crippen molar-refractivity contribution in [3.05, 3.63) is 54.6 Å². The third kappa shape index (κ3) is 4.80. The molecule has 7 heteroatoms. The van der Waals surface area contributed by atoms with Gasteiger partial charge in [-0.2, -0.15) is 0 Å². The Balaban J connectivity index is 1.86. The zero-order chi connectivity index (χ0) is 19.9. The van der Waals surface area contributed by atoms with Gasteiger partial charge in [-0.05, 0) is 29.3 Å². The molecule has 0 aliphatic heterocycles. The van der Waals surface area contributed by atoms with Gasteiger partial charge in [0.2, 0.25) is 5.91 Å². The quantitative estimate of drug-likeness (QED) is 0.620. The summed E-state index contributed by atoms with van der Waals surface area (Å²) in [6.45, 7) is 0. The zero-order valence-corrected chi connectivity index (χ0v) is 16.5. The van der Waals surface area contributed by atoms with Crippen LogP contribution < -0.4 is 15.4 Å². The first-order chi connectivity index (χ1) is 13.6. The highest BCUT2D eigenvalue weighted by molar-refractivity contribution is 7.99. The summed E-state index contributed by atoms with van der Waals surface area (Å²) in [6.07, 6.45) is 0.219. The molecular weight excluding hydrogens is 374 g/mol. The van der Waals surface area contributed by atoms with Gasteiger partial charge in [-0.25, -0.2) is 9.78 Å². The summed E-state index contributed by atoms with van der Waals surface area (Å²) in [7, 11) is 3.10. The number of urea groups is 1. The number of hydrogen-bond donors (Lipinski definition) is 2. The monoisotopic (exact) mass is 395 g/mol. The van der Waals surface area contributed by atoms with E-state index in [0.717, 1.165) is 32.8 Å². The number of nitrogens with one attached hydrogen (secondary N) is 2. The lowest BCUT2D eigenvalue weighted by atomic mass is 10.0. The molecule has 0 aliphatic rings. The lowest BCUT2D eigenvalue weighted by Gasteiger charge is -2.11. The summed E-state index contributed by atoms with van der Waals surface area (Å²) < 4.78 is 5.33. The Morgan fingerprint density at radius 2 is 1.89 bits per heavy atom. The van der Waals surface area contributed by atoms with Gasteiger partial charge in [-0.1, -0.05) is 30.3 Å². The van der Waals surface area contributed by atoms with Crippen molar-refractivity contribution in [3.8, 4) is 16.9 Å². The van der Waals surface area contributed by atoms with Gasteiger partial charge in [0, 0.05) is 30.7 Å². The molecule has 1 aromatic heterocycles. The number of rotatable bonds is 6. The highest BCUT2D eigenvalue weighted by atomic mass is 32.2. The van der Waals surface area contributed by atoms with E-state index in [9.17, 15) is 9.59 Å². The Morgan fingerprint density at radius 3 is 2.61 bits per heavy atom. The van der Waals surface area contributed by atoms with Crippen LogP contribution in [0.4, 0.5) is 4.79 Å². The van der Waals surface area contributed by atoms with Gasteiger partial charge in [0.1, 0.15) is 5.75 Å². The number of amides is 3. The van der Waals surface area contributed by atoms with Crippen LogP contribution in [-0.4, -0.2) is 36.8 Å². The molecule has 3 rings (SSSR count). The van der Waals surface area contributed by atoms with Crippen molar-refractivity contribution in [2.75, 3.05) is 19.9 Å². The van der Waals surface area contributed by atoms with Crippen LogP contribution in [0.25, 0.3) is 22.0 Å². The maximum absolute atomic E-state index is 11.8. The fraction of sp³-hybridized carbons (Fsp3) is 0.190. The van der Waals surface area contributed by atoms with E-state index in [2.05, 4.69) is 22.8 Å². The van der Waals surface area contributed by atoms with Gasteiger partial charge in [-0.3, -0.25) is 10.1 Å². The first-order valence-corrected chi connectivity index (χ1v) is 9.78. The normalized spacial score (nSPS) is 10.5. The molecule has 2 N–H and O–H groups in total. The summed E-state index contributed by atoms with van der Waals surface area (Å²) >= 11 is 1.48. The second-order valence-electron chi connectivity index (χ2n) is 5.98. The van der Waals surface area contributed by atoms with Crippen LogP contribution in [0.5, 0.6) is 5.75 Å². The summed E-state index contributed by atoms with van der Waals surface area (Å²) in [6, 6.07) is 17.5. The van der Waals surface area contributed by atoms with Gasteiger partial charge < -0.3 is 10.1 Å². The SMILES string of the molecule is CNC(=O)NC(=O)CCSc1cc(-c2ccccc2)c2ccc(OC)cc2n1. The molecule has 0 spiro atoms. The first-order valence-electron chi connectivity index (χ1n) is 8.79. The summed E-state index contributed by atoms with van der Waals surface area (Å²) in [5, 5.41) is 6.47. The van der Waals surface area contributed by atoms with E-state index in [4.69, 9.17) is 9.72 Å². The number of ether oxygens (including phenoxy) is 1. The van der Waals surface area contributed by atoms with E-state index >= 15 is 0 Å². The number of fused-ring (bicyclic) bond motifs is 1. The standard InChI is InChI=1S/C21H21N3O3S/c1-22-21(26)24-19(25)10-11-28-20-13-17(14-6-4-3-5-7-14)16-9-8-15(27-2)12-18(16)23-20/h3-9,12-13H,10-11H2,1-2H3,(H2,22,24,25,26). The topological polar surface area (TPSA) is 80.3 Å². The van der Waals surface area contributed by atoms with Gasteiger partial charge in [0.15, 0.2) is 0 Å². The molecule has 28 heavy (non-hydrogen) atoms.